The van der Waals surface area contributed by atoms with Crippen molar-refractivity contribution >= 4 is 40.9 Å². The fourth-order valence-electron chi connectivity index (χ4n) is 2.04. The Kier molecular flexibility index (Phi) is 6.45. The molecule has 1 N–H and O–H groups in total. The van der Waals surface area contributed by atoms with E-state index in [1.807, 2.05) is 6.07 Å². The summed E-state index contributed by atoms with van der Waals surface area (Å²) < 4.78 is 4.71. The molecule has 2 aromatic carbocycles. The Morgan fingerprint density at radius 2 is 2.00 bits per heavy atom. The third-order valence-electron chi connectivity index (χ3n) is 3.32. The molecule has 2 aromatic rings. The van der Waals surface area contributed by atoms with Crippen LogP contribution in [0.1, 0.15) is 22.8 Å². The van der Waals surface area contributed by atoms with Crippen molar-refractivity contribution in [2.75, 3.05) is 12.4 Å². The Labute approximate surface area is 154 Å². The highest BCUT2D eigenvalue weighted by Crippen LogP contribution is 2.28. The number of ether oxygens (including phenoxy) is 1. The van der Waals surface area contributed by atoms with Crippen molar-refractivity contribution < 1.29 is 14.3 Å². The van der Waals surface area contributed by atoms with Gasteiger partial charge in [-0.3, -0.25) is 9.59 Å². The Bertz CT molecular complexity index is 848. The zero-order valence-corrected chi connectivity index (χ0v) is 15.1. The van der Waals surface area contributed by atoms with Crippen LogP contribution in [0, 0.1) is 11.3 Å². The van der Waals surface area contributed by atoms with Gasteiger partial charge in [0.1, 0.15) is 11.3 Å². The molecule has 0 aliphatic heterocycles. The first-order valence-corrected chi connectivity index (χ1v) is 8.56. The van der Waals surface area contributed by atoms with Gasteiger partial charge < -0.3 is 10.1 Å². The van der Waals surface area contributed by atoms with E-state index in [1.54, 1.807) is 37.3 Å². The maximum absolute atomic E-state index is 12.6. The molecule has 7 heteroatoms. The molecule has 2 rings (SSSR count). The summed E-state index contributed by atoms with van der Waals surface area (Å²) in [6.45, 7) is 1.71. The van der Waals surface area contributed by atoms with Crippen molar-refractivity contribution in [2.24, 2.45) is 0 Å². The van der Waals surface area contributed by atoms with Crippen LogP contribution >= 0.6 is 23.4 Å². The maximum Gasteiger partial charge on any atom is 0.318 e. The molecule has 1 atom stereocenters. The van der Waals surface area contributed by atoms with Crippen LogP contribution in [0.2, 0.25) is 5.02 Å². The molecule has 1 amide bonds. The highest BCUT2D eigenvalue weighted by Gasteiger charge is 2.19. The van der Waals surface area contributed by atoms with Crippen LogP contribution in [0.4, 0.5) is 5.69 Å². The number of anilines is 1. The average molecular weight is 375 g/mol. The van der Waals surface area contributed by atoms with E-state index in [-0.39, 0.29) is 16.9 Å². The standard InChI is InChI=1S/C18H15ClN2O3S/c1-11(18(23)24-2)25-16-6-4-3-5-14(16)17(22)21-13-8-7-12(10-20)15(19)9-13/h3-9,11H,1-2H3,(H,21,22). The molecule has 128 valence electrons. The number of amides is 1. The average Bonchev–Trinajstić information content (AvgIpc) is 2.61. The lowest BCUT2D eigenvalue weighted by molar-refractivity contribution is -0.139. The molecule has 0 radical (unpaired) electrons. The Morgan fingerprint density at radius 3 is 2.64 bits per heavy atom. The number of thioether (sulfide) groups is 1. The van der Waals surface area contributed by atoms with Crippen LogP contribution in [-0.2, 0) is 9.53 Å². The molecule has 0 heterocycles. The van der Waals surface area contributed by atoms with Gasteiger partial charge in [-0.1, -0.05) is 23.7 Å². The van der Waals surface area contributed by atoms with Gasteiger partial charge in [-0.25, -0.2) is 0 Å². The number of esters is 1. The van der Waals surface area contributed by atoms with E-state index in [4.69, 9.17) is 21.6 Å². The molecule has 0 bridgehead atoms. The number of methoxy groups -OCH3 is 1. The van der Waals surface area contributed by atoms with Gasteiger partial charge in [0.2, 0.25) is 0 Å². The zero-order valence-electron chi connectivity index (χ0n) is 13.6. The highest BCUT2D eigenvalue weighted by atomic mass is 35.5. The Balaban J connectivity index is 2.21. The molecule has 0 aliphatic rings. The number of nitrogens with one attached hydrogen (secondary N) is 1. The normalized spacial score (nSPS) is 11.3. The maximum atomic E-state index is 12.6. The van der Waals surface area contributed by atoms with Crippen molar-refractivity contribution in [1.82, 2.24) is 0 Å². The van der Waals surface area contributed by atoms with Gasteiger partial charge in [0.15, 0.2) is 0 Å². The molecular formula is C18H15ClN2O3S. The number of hydrogen-bond acceptors (Lipinski definition) is 5. The second kappa shape index (κ2) is 8.56. The monoisotopic (exact) mass is 374 g/mol. The molecule has 0 saturated carbocycles. The van der Waals surface area contributed by atoms with E-state index in [0.717, 1.165) is 0 Å². The topological polar surface area (TPSA) is 79.2 Å². The second-order valence-corrected chi connectivity index (χ2v) is 6.83. The minimum atomic E-state index is -0.441. The van der Waals surface area contributed by atoms with E-state index in [2.05, 4.69) is 5.32 Å². The lowest BCUT2D eigenvalue weighted by Gasteiger charge is -2.13. The fourth-order valence-corrected chi connectivity index (χ4v) is 3.28. The highest BCUT2D eigenvalue weighted by molar-refractivity contribution is 8.00. The SMILES string of the molecule is COC(=O)C(C)Sc1ccccc1C(=O)Nc1ccc(C#N)c(Cl)c1. The minimum Gasteiger partial charge on any atom is -0.468 e. The molecule has 0 saturated heterocycles. The number of rotatable bonds is 5. The van der Waals surface area contributed by atoms with Crippen LogP contribution in [0.5, 0.6) is 0 Å². The first kappa shape index (κ1) is 18.8. The lowest BCUT2D eigenvalue weighted by Crippen LogP contribution is -2.17. The molecule has 25 heavy (non-hydrogen) atoms. The third-order valence-corrected chi connectivity index (χ3v) is 4.78. The molecule has 5 nitrogen and oxygen atoms in total. The van der Waals surface area contributed by atoms with E-state index in [0.29, 0.717) is 21.7 Å². The van der Waals surface area contributed by atoms with E-state index in [9.17, 15) is 9.59 Å². The van der Waals surface area contributed by atoms with Crippen molar-refractivity contribution in [3.05, 3.63) is 58.6 Å². The number of nitriles is 1. The van der Waals surface area contributed by atoms with Crippen LogP contribution in [-0.4, -0.2) is 24.2 Å². The number of hydrogen-bond donors (Lipinski definition) is 1. The van der Waals surface area contributed by atoms with Crippen LogP contribution < -0.4 is 5.32 Å². The van der Waals surface area contributed by atoms with Crippen LogP contribution in [0.3, 0.4) is 0 Å². The van der Waals surface area contributed by atoms with Crippen molar-refractivity contribution in [3.63, 3.8) is 0 Å². The van der Waals surface area contributed by atoms with Gasteiger partial charge >= 0.3 is 5.97 Å². The summed E-state index contributed by atoms with van der Waals surface area (Å²) in [4.78, 5) is 24.8. The van der Waals surface area contributed by atoms with Gasteiger partial charge in [-0.2, -0.15) is 5.26 Å². The first-order valence-electron chi connectivity index (χ1n) is 7.30. The molecular weight excluding hydrogens is 360 g/mol. The van der Waals surface area contributed by atoms with Crippen LogP contribution in [0.25, 0.3) is 0 Å². The summed E-state index contributed by atoms with van der Waals surface area (Å²) in [5, 5.41) is 11.5. The van der Waals surface area contributed by atoms with Gasteiger partial charge in [0.25, 0.3) is 5.91 Å². The molecule has 0 aliphatic carbocycles. The third kappa shape index (κ3) is 4.75. The van der Waals surface area contributed by atoms with Gasteiger partial charge in [0, 0.05) is 10.6 Å². The fraction of sp³-hybridized carbons (Fsp3) is 0.167. The quantitative estimate of drug-likeness (QED) is 0.629. The lowest BCUT2D eigenvalue weighted by atomic mass is 10.2. The number of benzene rings is 2. The number of carbonyl (C=O) groups excluding carboxylic acids is 2. The van der Waals surface area contributed by atoms with E-state index < -0.39 is 5.25 Å². The number of carbonyl (C=O) groups is 2. The predicted molar refractivity (Wildman–Crippen MR) is 97.9 cm³/mol. The van der Waals surface area contributed by atoms with Crippen LogP contribution in [0.15, 0.2) is 47.4 Å². The van der Waals surface area contributed by atoms with Gasteiger partial charge in [0.05, 0.1) is 23.3 Å². The molecule has 0 aromatic heterocycles. The van der Waals surface area contributed by atoms with Crippen molar-refractivity contribution in [2.45, 2.75) is 17.1 Å². The first-order chi connectivity index (χ1) is 12.0. The summed E-state index contributed by atoms with van der Waals surface area (Å²) >= 11 is 7.23. The Hall–Kier alpha value is -2.49. The molecule has 0 fully saturated rings. The summed E-state index contributed by atoms with van der Waals surface area (Å²) in [7, 11) is 1.33. The Morgan fingerprint density at radius 1 is 1.28 bits per heavy atom. The van der Waals surface area contributed by atoms with Crippen molar-refractivity contribution in [3.8, 4) is 6.07 Å². The van der Waals surface area contributed by atoms with E-state index in [1.165, 1.54) is 31.0 Å². The predicted octanol–water partition coefficient (Wildman–Crippen LogP) is 4.12. The largest absolute Gasteiger partial charge is 0.468 e. The van der Waals surface area contributed by atoms with E-state index >= 15 is 0 Å². The zero-order chi connectivity index (χ0) is 18.4. The summed E-state index contributed by atoms with van der Waals surface area (Å²) in [6, 6.07) is 13.6. The molecule has 1 unspecified atom stereocenters. The van der Waals surface area contributed by atoms with Crippen molar-refractivity contribution in [1.29, 1.82) is 5.26 Å². The molecule has 0 spiro atoms. The number of halogens is 1. The smallest absolute Gasteiger partial charge is 0.318 e. The van der Waals surface area contributed by atoms with Gasteiger partial charge in [-0.15, -0.1) is 11.8 Å². The second-order valence-electron chi connectivity index (χ2n) is 5.04. The summed E-state index contributed by atoms with van der Waals surface area (Å²) in [6.07, 6.45) is 0. The minimum absolute atomic E-state index is 0.266. The summed E-state index contributed by atoms with van der Waals surface area (Å²) in [5.74, 6) is -0.694. The summed E-state index contributed by atoms with van der Waals surface area (Å²) in [5.41, 5.74) is 1.25. The number of nitrogens with zero attached hydrogens (tertiary/aromatic N) is 1. The van der Waals surface area contributed by atoms with Gasteiger partial charge in [-0.05, 0) is 37.3 Å².